The molecule has 0 saturated heterocycles. The summed E-state index contributed by atoms with van der Waals surface area (Å²) < 4.78 is 0. The second kappa shape index (κ2) is 4.22. The van der Waals surface area contributed by atoms with Crippen LogP contribution in [-0.2, 0) is 0 Å². The van der Waals surface area contributed by atoms with E-state index in [9.17, 15) is 0 Å². The lowest BCUT2D eigenvalue weighted by Gasteiger charge is -2.07. The number of hydrogen-bond donors (Lipinski definition) is 0. The Morgan fingerprint density at radius 1 is 1.18 bits per heavy atom. The zero-order valence-electron chi connectivity index (χ0n) is 7.86. The van der Waals surface area contributed by atoms with Crippen LogP contribution in [0.3, 0.4) is 0 Å². The topological polar surface area (TPSA) is 0 Å². The van der Waals surface area contributed by atoms with Crippen molar-refractivity contribution in [3.8, 4) is 0 Å². The van der Waals surface area contributed by atoms with E-state index in [1.165, 1.54) is 5.57 Å². The van der Waals surface area contributed by atoms with Gasteiger partial charge in [0.05, 0.1) is 0 Å². The lowest BCUT2D eigenvalue weighted by molar-refractivity contribution is 1.26. The van der Waals surface area contributed by atoms with Crippen LogP contribution in [0.25, 0.3) is 0 Å². The molecule has 0 heterocycles. The van der Waals surface area contributed by atoms with Gasteiger partial charge in [-0.2, -0.15) is 0 Å². The molecule has 0 aliphatic carbocycles. The highest BCUT2D eigenvalue weighted by Gasteiger charge is 1.96. The van der Waals surface area contributed by atoms with E-state index in [4.69, 9.17) is 7.85 Å². The maximum atomic E-state index is 5.82. The average molecular weight is 146 g/mol. The van der Waals surface area contributed by atoms with E-state index in [1.54, 1.807) is 6.08 Å². The van der Waals surface area contributed by atoms with Gasteiger partial charge in [0.15, 0.2) is 0 Å². The quantitative estimate of drug-likeness (QED) is 0.415. The van der Waals surface area contributed by atoms with Crippen molar-refractivity contribution >= 4 is 7.85 Å². The minimum absolute atomic E-state index is 0.847. The lowest BCUT2D eigenvalue weighted by atomic mass is 9.83. The van der Waals surface area contributed by atoms with Crippen LogP contribution < -0.4 is 0 Å². The van der Waals surface area contributed by atoms with Gasteiger partial charge in [-0.15, -0.1) is 0 Å². The molecule has 0 amide bonds. The Morgan fingerprint density at radius 3 is 1.91 bits per heavy atom. The Labute approximate surface area is 71.1 Å². The molecule has 0 rings (SSSR count). The fraction of sp³-hybridized carbons (Fsp3) is 0.400. The van der Waals surface area contributed by atoms with Gasteiger partial charge in [0.25, 0.3) is 0 Å². The highest BCUT2D eigenvalue weighted by atomic mass is 14.0. The molecule has 11 heavy (non-hydrogen) atoms. The van der Waals surface area contributed by atoms with Gasteiger partial charge >= 0.3 is 0 Å². The van der Waals surface area contributed by atoms with Crippen LogP contribution in [-0.4, -0.2) is 7.85 Å². The highest BCUT2D eigenvalue weighted by Crippen LogP contribution is 2.14. The Balaban J connectivity index is 4.90. The second-order valence-electron chi connectivity index (χ2n) is 2.93. The van der Waals surface area contributed by atoms with Gasteiger partial charge in [-0.05, 0) is 27.7 Å². The summed E-state index contributed by atoms with van der Waals surface area (Å²) in [7, 11) is 5.82. The molecule has 2 radical (unpaired) electrons. The summed E-state index contributed by atoms with van der Waals surface area (Å²) in [5.74, 6) is 0. The fourth-order valence-electron chi connectivity index (χ4n) is 0.675. The number of rotatable bonds is 2. The minimum Gasteiger partial charge on any atom is -0.0988 e. The summed E-state index contributed by atoms with van der Waals surface area (Å²) in [5, 5.41) is 0. The summed E-state index contributed by atoms with van der Waals surface area (Å²) in [5.41, 5.74) is 4.30. The smallest absolute Gasteiger partial charge is 0.0988 e. The molecule has 1 heteroatoms. The van der Waals surface area contributed by atoms with Gasteiger partial charge in [-0.3, -0.25) is 0 Å². The molecule has 0 aliphatic heterocycles. The summed E-state index contributed by atoms with van der Waals surface area (Å²) >= 11 is 0. The third-order valence-electron chi connectivity index (χ3n) is 1.89. The summed E-state index contributed by atoms with van der Waals surface area (Å²) in [6, 6.07) is 0. The predicted molar refractivity (Wildman–Crippen MR) is 52.7 cm³/mol. The Morgan fingerprint density at radius 2 is 1.64 bits per heavy atom. The van der Waals surface area contributed by atoms with Crippen molar-refractivity contribution in [2.24, 2.45) is 0 Å². The first-order chi connectivity index (χ1) is 5.00. The van der Waals surface area contributed by atoms with Crippen molar-refractivity contribution in [1.82, 2.24) is 0 Å². The molecule has 0 saturated carbocycles. The molecule has 0 atom stereocenters. The second-order valence-corrected chi connectivity index (χ2v) is 2.93. The van der Waals surface area contributed by atoms with Crippen molar-refractivity contribution in [2.45, 2.75) is 27.7 Å². The summed E-state index contributed by atoms with van der Waals surface area (Å²) in [6.45, 7) is 11.8. The maximum Gasteiger partial charge on any atom is 0.114 e. The molecule has 58 valence electrons. The van der Waals surface area contributed by atoms with E-state index in [0.29, 0.717) is 0 Å². The molecule has 0 nitrogen and oxygen atoms in total. The zero-order valence-corrected chi connectivity index (χ0v) is 7.86. The molecule has 0 fully saturated rings. The molecular weight excluding hydrogens is 131 g/mol. The van der Waals surface area contributed by atoms with Gasteiger partial charge in [-0.1, -0.05) is 34.8 Å². The van der Waals surface area contributed by atoms with Crippen molar-refractivity contribution in [1.29, 1.82) is 0 Å². The van der Waals surface area contributed by atoms with Crippen LogP contribution in [0.2, 0.25) is 0 Å². The van der Waals surface area contributed by atoms with Crippen LogP contribution >= 0.6 is 0 Å². The molecule has 0 bridgehead atoms. The number of hydrogen-bond acceptors (Lipinski definition) is 0. The largest absolute Gasteiger partial charge is 0.114 e. The van der Waals surface area contributed by atoms with Gasteiger partial charge in [0.2, 0.25) is 0 Å². The van der Waals surface area contributed by atoms with Crippen LogP contribution in [0.15, 0.2) is 34.8 Å². The maximum absolute atomic E-state index is 5.82. The van der Waals surface area contributed by atoms with E-state index >= 15 is 0 Å². The van der Waals surface area contributed by atoms with E-state index in [2.05, 4.69) is 20.4 Å². The van der Waals surface area contributed by atoms with Gasteiger partial charge in [0, 0.05) is 0 Å². The summed E-state index contributed by atoms with van der Waals surface area (Å²) in [6.07, 6.45) is 1.78. The van der Waals surface area contributed by atoms with Gasteiger partial charge in [0.1, 0.15) is 7.85 Å². The average Bonchev–Trinajstić information content (AvgIpc) is 2.00. The van der Waals surface area contributed by atoms with Gasteiger partial charge in [-0.25, -0.2) is 0 Å². The molecule has 0 aromatic carbocycles. The molecular formula is C10H15B. The Kier molecular flexibility index (Phi) is 3.95. The van der Waals surface area contributed by atoms with Crippen molar-refractivity contribution in [3.63, 3.8) is 0 Å². The minimum atomic E-state index is 0.847. The van der Waals surface area contributed by atoms with E-state index in [-0.39, 0.29) is 0 Å². The molecule has 0 aromatic rings. The Bertz CT molecular complexity index is 215. The van der Waals surface area contributed by atoms with E-state index in [0.717, 1.165) is 16.6 Å². The van der Waals surface area contributed by atoms with E-state index < -0.39 is 0 Å². The fourth-order valence-corrected chi connectivity index (χ4v) is 0.675. The third-order valence-corrected chi connectivity index (χ3v) is 1.89. The van der Waals surface area contributed by atoms with Crippen LogP contribution in [0, 0.1) is 0 Å². The monoisotopic (exact) mass is 146 g/mol. The normalized spacial score (nSPS) is 12.0. The lowest BCUT2D eigenvalue weighted by Crippen LogP contribution is -1.90. The van der Waals surface area contributed by atoms with Crippen LogP contribution in [0.1, 0.15) is 27.7 Å². The molecule has 0 N–H and O–H groups in total. The first kappa shape index (κ1) is 10.3. The standard InChI is InChI=1S/C10H15B/c1-6-8(4)10(11)9(5)7(2)3/h6H,1H2,2-5H3/b10-8+. The first-order valence-corrected chi connectivity index (χ1v) is 3.74. The van der Waals surface area contributed by atoms with Crippen molar-refractivity contribution in [2.75, 3.05) is 0 Å². The molecule has 0 unspecified atom stereocenters. The molecule has 0 aliphatic rings. The first-order valence-electron chi connectivity index (χ1n) is 3.74. The van der Waals surface area contributed by atoms with Crippen LogP contribution in [0.5, 0.6) is 0 Å². The van der Waals surface area contributed by atoms with Crippen LogP contribution in [0.4, 0.5) is 0 Å². The number of allylic oxidation sites excluding steroid dienone is 5. The highest BCUT2D eigenvalue weighted by molar-refractivity contribution is 6.25. The predicted octanol–water partition coefficient (Wildman–Crippen LogP) is 2.97. The van der Waals surface area contributed by atoms with Crippen molar-refractivity contribution < 1.29 is 0 Å². The molecule has 0 aromatic heterocycles. The molecule has 0 spiro atoms. The van der Waals surface area contributed by atoms with Gasteiger partial charge < -0.3 is 0 Å². The SMILES string of the molecule is [B]/C(C(C)=C(C)C)=C(\C)C=C. The van der Waals surface area contributed by atoms with E-state index in [1.807, 2.05) is 13.8 Å². The third kappa shape index (κ3) is 2.79. The Hall–Kier alpha value is -0.715. The van der Waals surface area contributed by atoms with Crippen molar-refractivity contribution in [3.05, 3.63) is 34.8 Å². The summed E-state index contributed by atoms with van der Waals surface area (Å²) in [4.78, 5) is 0. The zero-order chi connectivity index (χ0) is 9.02.